The van der Waals surface area contributed by atoms with Crippen LogP contribution < -0.4 is 9.47 Å². The molecule has 3 aliphatic heterocycles. The van der Waals surface area contributed by atoms with Crippen LogP contribution in [0.3, 0.4) is 0 Å². The van der Waals surface area contributed by atoms with Crippen LogP contribution in [0.25, 0.3) is 33.1 Å². The molecule has 0 amide bonds. The van der Waals surface area contributed by atoms with Crippen molar-refractivity contribution in [2.75, 3.05) is 32.9 Å². The molecular formula is C31H33F5N6O3. The van der Waals surface area contributed by atoms with E-state index in [1.54, 1.807) is 10.9 Å². The topological polar surface area (TPSA) is 87.4 Å². The van der Waals surface area contributed by atoms with Crippen LogP contribution in [-0.4, -0.2) is 80.4 Å². The third kappa shape index (κ3) is 5.45. The molecule has 1 aromatic carbocycles. The van der Waals surface area contributed by atoms with Crippen LogP contribution in [0.4, 0.5) is 22.0 Å². The lowest BCUT2D eigenvalue weighted by Crippen LogP contribution is -2.43. The van der Waals surface area contributed by atoms with E-state index in [1.165, 1.54) is 6.20 Å². The van der Waals surface area contributed by atoms with Crippen molar-refractivity contribution >= 4 is 21.8 Å². The van der Waals surface area contributed by atoms with Gasteiger partial charge in [-0.1, -0.05) is 0 Å². The van der Waals surface area contributed by atoms with Gasteiger partial charge >= 0.3 is 12.2 Å². The summed E-state index contributed by atoms with van der Waals surface area (Å²) < 4.78 is 89.1. The highest BCUT2D eigenvalue weighted by molar-refractivity contribution is 5.98. The van der Waals surface area contributed by atoms with Crippen molar-refractivity contribution in [3.05, 3.63) is 35.4 Å². The number of aromatic nitrogens is 5. The number of rotatable bonds is 7. The number of pyridine rings is 1. The average Bonchev–Trinajstić information content (AvgIpc) is 3.68. The number of alkyl halides is 4. The van der Waals surface area contributed by atoms with E-state index in [0.717, 1.165) is 48.9 Å². The Labute approximate surface area is 255 Å². The predicted octanol–water partition coefficient (Wildman–Crippen LogP) is 6.39. The maximum absolute atomic E-state index is 16.6. The molecule has 3 atom stereocenters. The molecule has 240 valence electrons. The number of ether oxygens (including phenoxy) is 3. The third-order valence-corrected chi connectivity index (χ3v) is 9.32. The van der Waals surface area contributed by atoms with Gasteiger partial charge in [-0.05, 0) is 69.7 Å². The Morgan fingerprint density at radius 1 is 1.09 bits per heavy atom. The van der Waals surface area contributed by atoms with E-state index in [9.17, 15) is 17.6 Å². The van der Waals surface area contributed by atoms with Crippen molar-refractivity contribution in [3.63, 3.8) is 0 Å². The van der Waals surface area contributed by atoms with Crippen LogP contribution >= 0.6 is 0 Å². The highest BCUT2D eigenvalue weighted by atomic mass is 19.4. The maximum Gasteiger partial charge on any atom is 0.422 e. The summed E-state index contributed by atoms with van der Waals surface area (Å²) in [5, 5.41) is 5.11. The molecule has 0 spiro atoms. The molecule has 6 heterocycles. The summed E-state index contributed by atoms with van der Waals surface area (Å²) in [5.74, 6) is -1.37. The van der Waals surface area contributed by atoms with Gasteiger partial charge in [0, 0.05) is 36.7 Å². The first-order valence-corrected chi connectivity index (χ1v) is 15.2. The van der Waals surface area contributed by atoms with E-state index in [1.807, 2.05) is 24.8 Å². The van der Waals surface area contributed by atoms with Crippen LogP contribution in [0.2, 0.25) is 0 Å². The second-order valence-electron chi connectivity index (χ2n) is 12.3. The Kier molecular flexibility index (Phi) is 7.54. The minimum atomic E-state index is -4.67. The van der Waals surface area contributed by atoms with Gasteiger partial charge in [0.05, 0.1) is 22.6 Å². The number of hydrogen-bond acceptors (Lipinski definition) is 8. The zero-order chi connectivity index (χ0) is 31.5. The summed E-state index contributed by atoms with van der Waals surface area (Å²) >= 11 is 0. The van der Waals surface area contributed by atoms with Crippen LogP contribution in [-0.2, 0) is 4.74 Å². The lowest BCUT2D eigenvalue weighted by molar-refractivity contribution is -0.153. The first-order valence-electron chi connectivity index (χ1n) is 15.2. The largest absolute Gasteiger partial charge is 0.467 e. The van der Waals surface area contributed by atoms with Gasteiger partial charge in [0.15, 0.2) is 18.7 Å². The fraction of sp³-hybridized carbons (Fsp3) is 0.548. The molecule has 0 radical (unpaired) electrons. The molecule has 7 rings (SSSR count). The van der Waals surface area contributed by atoms with Crippen molar-refractivity contribution in [2.24, 2.45) is 0 Å². The quantitative estimate of drug-likeness (QED) is 0.217. The van der Waals surface area contributed by atoms with Crippen molar-refractivity contribution in [1.82, 2.24) is 29.6 Å². The van der Waals surface area contributed by atoms with Crippen LogP contribution in [0, 0.1) is 19.7 Å². The monoisotopic (exact) mass is 632 g/mol. The summed E-state index contributed by atoms with van der Waals surface area (Å²) in [6, 6.07) is 1.62. The average molecular weight is 633 g/mol. The second kappa shape index (κ2) is 11.3. The molecule has 0 bridgehead atoms. The molecule has 3 saturated heterocycles. The van der Waals surface area contributed by atoms with Gasteiger partial charge in [0.2, 0.25) is 5.88 Å². The van der Waals surface area contributed by atoms with Crippen molar-refractivity contribution < 1.29 is 36.2 Å². The Morgan fingerprint density at radius 3 is 2.71 bits per heavy atom. The Hall–Kier alpha value is -3.65. The number of halogens is 5. The first-order chi connectivity index (χ1) is 21.5. The van der Waals surface area contributed by atoms with Gasteiger partial charge < -0.3 is 14.2 Å². The van der Waals surface area contributed by atoms with Crippen molar-refractivity contribution in [3.8, 4) is 23.1 Å². The number of fused-ring (bicyclic) bond motifs is 3. The Morgan fingerprint density at radius 2 is 1.93 bits per heavy atom. The number of aryl methyl sites for hydroxylation is 1. The zero-order valence-corrected chi connectivity index (χ0v) is 25.0. The third-order valence-electron chi connectivity index (χ3n) is 9.32. The number of benzene rings is 1. The smallest absolute Gasteiger partial charge is 0.422 e. The number of nitrogens with zero attached hydrogens (tertiary/aromatic N) is 6. The summed E-state index contributed by atoms with van der Waals surface area (Å²) in [6.45, 7) is 3.76. The molecule has 1 unspecified atom stereocenters. The molecule has 9 nitrogen and oxygen atoms in total. The molecule has 45 heavy (non-hydrogen) atoms. The van der Waals surface area contributed by atoms with Crippen LogP contribution in [0.15, 0.2) is 18.5 Å². The van der Waals surface area contributed by atoms with E-state index < -0.39 is 36.2 Å². The van der Waals surface area contributed by atoms with E-state index in [-0.39, 0.29) is 41.9 Å². The van der Waals surface area contributed by atoms with E-state index >= 15 is 4.39 Å². The minimum Gasteiger partial charge on any atom is -0.467 e. The van der Waals surface area contributed by atoms with E-state index in [4.69, 9.17) is 14.2 Å². The molecule has 0 N–H and O–H groups in total. The molecule has 3 fully saturated rings. The van der Waals surface area contributed by atoms with Gasteiger partial charge in [-0.2, -0.15) is 28.2 Å². The highest BCUT2D eigenvalue weighted by Crippen LogP contribution is 2.42. The summed E-state index contributed by atoms with van der Waals surface area (Å²) in [6.07, 6.45) is 1.55. The van der Waals surface area contributed by atoms with Crippen molar-refractivity contribution in [1.29, 1.82) is 0 Å². The van der Waals surface area contributed by atoms with E-state index in [2.05, 4.69) is 20.1 Å². The summed E-state index contributed by atoms with van der Waals surface area (Å²) in [7, 11) is 0. The normalized spacial score (nSPS) is 24.1. The fourth-order valence-corrected chi connectivity index (χ4v) is 7.03. The van der Waals surface area contributed by atoms with Gasteiger partial charge in [-0.15, -0.1) is 0 Å². The molecule has 0 saturated carbocycles. The summed E-state index contributed by atoms with van der Waals surface area (Å²) in [4.78, 5) is 14.8. The fourth-order valence-electron chi connectivity index (χ4n) is 7.03. The maximum atomic E-state index is 16.6. The molecule has 14 heteroatoms. The van der Waals surface area contributed by atoms with Gasteiger partial charge in [-0.3, -0.25) is 9.88 Å². The van der Waals surface area contributed by atoms with Gasteiger partial charge in [0.1, 0.15) is 24.0 Å². The SMILES string of the molecule is Cc1cc2c(cnn2C2CCCCO2)c(-c2ncc3c(OCC(F)(F)F)nc(OC[C@@]45CCCN4C[C@H](F)C5)nc3c2F)c1C. The van der Waals surface area contributed by atoms with Crippen molar-refractivity contribution in [2.45, 2.75) is 76.5 Å². The number of hydrogen-bond donors (Lipinski definition) is 0. The van der Waals surface area contributed by atoms with E-state index in [0.29, 0.717) is 30.5 Å². The lowest BCUT2D eigenvalue weighted by Gasteiger charge is -2.30. The molecule has 3 aliphatic rings. The Balaban J connectivity index is 1.32. The standard InChI is InChI=1S/C31H33F5N6O3/c1-17-10-22-20(13-38-42(22)23-6-3-4-9-43-23)24(18(17)2)27-25(33)26-21(12-37-27)28(44-16-31(34,35)36)40-29(39-26)45-15-30-7-5-8-41(30)14-19(32)11-30/h10,12-13,19,23H,3-9,11,14-16H2,1-2H3/t19-,23?,30+/m1/s1. The minimum absolute atomic E-state index is 0.0111. The zero-order valence-electron chi connectivity index (χ0n) is 25.0. The van der Waals surface area contributed by atoms with Gasteiger partial charge in [-0.25, -0.2) is 13.5 Å². The lowest BCUT2D eigenvalue weighted by atomic mass is 9.95. The molecular weight excluding hydrogens is 599 g/mol. The van der Waals surface area contributed by atoms with Crippen LogP contribution in [0.5, 0.6) is 11.9 Å². The summed E-state index contributed by atoms with van der Waals surface area (Å²) in [5.41, 5.74) is 1.98. The van der Waals surface area contributed by atoms with Crippen LogP contribution in [0.1, 0.15) is 55.9 Å². The Bertz CT molecular complexity index is 1760. The molecule has 3 aromatic heterocycles. The highest BCUT2D eigenvalue weighted by Gasteiger charge is 2.49. The van der Waals surface area contributed by atoms with Gasteiger partial charge in [0.25, 0.3) is 0 Å². The molecule has 0 aliphatic carbocycles. The first kappa shape index (κ1) is 30.0. The molecule has 4 aromatic rings. The second-order valence-corrected chi connectivity index (χ2v) is 12.3. The predicted molar refractivity (Wildman–Crippen MR) is 154 cm³/mol.